The van der Waals surface area contributed by atoms with Crippen molar-refractivity contribution >= 4 is 11.9 Å². The van der Waals surface area contributed by atoms with E-state index in [1.165, 1.54) is 0 Å². The van der Waals surface area contributed by atoms with Crippen LogP contribution in [0.5, 0.6) is 11.5 Å². The Bertz CT molecular complexity index is 1140. The topological polar surface area (TPSA) is 96.6 Å². The molecule has 6 nitrogen and oxygen atoms in total. The van der Waals surface area contributed by atoms with E-state index in [-0.39, 0.29) is 5.57 Å². The highest BCUT2D eigenvalue weighted by Gasteiger charge is 2.10. The predicted octanol–water partition coefficient (Wildman–Crippen LogP) is 5.24. The van der Waals surface area contributed by atoms with Crippen molar-refractivity contribution in [2.45, 2.75) is 12.8 Å². The number of carbonyl (C=O) groups is 2. The zero-order valence-corrected chi connectivity index (χ0v) is 17.3. The van der Waals surface area contributed by atoms with Crippen molar-refractivity contribution in [1.82, 2.24) is 0 Å². The van der Waals surface area contributed by atoms with E-state index in [0.717, 1.165) is 11.1 Å². The molecule has 3 aromatic rings. The number of benzene rings is 3. The lowest BCUT2D eigenvalue weighted by molar-refractivity contribution is -0.132. The zero-order valence-electron chi connectivity index (χ0n) is 17.3. The first-order chi connectivity index (χ1) is 15.5. The molecule has 6 heteroatoms. The molecule has 0 radical (unpaired) electrons. The van der Waals surface area contributed by atoms with Crippen LogP contribution in [-0.4, -0.2) is 23.7 Å². The molecular weight excluding hydrogens is 406 g/mol. The first kappa shape index (κ1) is 22.3. The molecule has 0 amide bonds. The van der Waals surface area contributed by atoms with E-state index in [1.807, 2.05) is 24.3 Å². The number of ether oxygens (including phenoxy) is 2. The molecule has 160 valence electrons. The standard InChI is InChI=1S/C26H21NO5/c1-18(25(28)29)3-2-16-31-23-12-10-22(11-13-23)26(30)32-24-14-8-21(9-15-24)20-6-4-19(17-27)5-7-20/h4-15H,1-3,16H2,(H,28,29). The van der Waals surface area contributed by atoms with E-state index in [1.54, 1.807) is 48.5 Å². The zero-order chi connectivity index (χ0) is 22.9. The van der Waals surface area contributed by atoms with Gasteiger partial charge in [0.05, 0.1) is 23.8 Å². The Kier molecular flexibility index (Phi) is 7.39. The van der Waals surface area contributed by atoms with E-state index >= 15 is 0 Å². The largest absolute Gasteiger partial charge is 0.494 e. The van der Waals surface area contributed by atoms with Gasteiger partial charge in [-0.2, -0.15) is 5.26 Å². The molecule has 0 bridgehead atoms. The van der Waals surface area contributed by atoms with Crippen molar-refractivity contribution < 1.29 is 24.2 Å². The molecule has 0 atom stereocenters. The van der Waals surface area contributed by atoms with Gasteiger partial charge in [0.25, 0.3) is 0 Å². The Morgan fingerprint density at radius 1 is 0.875 bits per heavy atom. The molecule has 0 aliphatic carbocycles. The molecule has 0 saturated carbocycles. The molecule has 0 spiro atoms. The molecule has 3 rings (SSSR count). The fraction of sp³-hybridized carbons (Fsp3) is 0.115. The first-order valence-electron chi connectivity index (χ1n) is 9.93. The van der Waals surface area contributed by atoms with Crippen molar-refractivity contribution in [3.05, 3.63) is 96.1 Å². The third kappa shape index (κ3) is 6.07. The van der Waals surface area contributed by atoms with Crippen LogP contribution in [0.3, 0.4) is 0 Å². The minimum Gasteiger partial charge on any atom is -0.494 e. The summed E-state index contributed by atoms with van der Waals surface area (Å²) in [5.41, 5.74) is 3.04. The molecule has 0 heterocycles. The minimum absolute atomic E-state index is 0.150. The van der Waals surface area contributed by atoms with Crippen molar-refractivity contribution in [2.24, 2.45) is 0 Å². The lowest BCUT2D eigenvalue weighted by Gasteiger charge is -2.08. The summed E-state index contributed by atoms with van der Waals surface area (Å²) in [4.78, 5) is 23.1. The summed E-state index contributed by atoms with van der Waals surface area (Å²) in [6, 6.07) is 23.0. The lowest BCUT2D eigenvalue weighted by atomic mass is 10.0. The summed E-state index contributed by atoms with van der Waals surface area (Å²) in [5, 5.41) is 17.7. The van der Waals surface area contributed by atoms with Gasteiger partial charge in [0.15, 0.2) is 0 Å². The maximum atomic E-state index is 12.4. The van der Waals surface area contributed by atoms with Gasteiger partial charge in [0.1, 0.15) is 11.5 Å². The van der Waals surface area contributed by atoms with Crippen molar-refractivity contribution in [3.63, 3.8) is 0 Å². The number of nitrogens with zero attached hydrogens (tertiary/aromatic N) is 1. The lowest BCUT2D eigenvalue weighted by Crippen LogP contribution is -2.08. The Labute approximate surface area is 186 Å². The van der Waals surface area contributed by atoms with Crippen LogP contribution in [0.1, 0.15) is 28.8 Å². The summed E-state index contributed by atoms with van der Waals surface area (Å²) < 4.78 is 11.0. The average Bonchev–Trinajstić information content (AvgIpc) is 2.82. The normalized spacial score (nSPS) is 10.1. The molecule has 1 N–H and O–H groups in total. The van der Waals surface area contributed by atoms with Gasteiger partial charge in [-0.3, -0.25) is 0 Å². The Balaban J connectivity index is 1.52. The van der Waals surface area contributed by atoms with Gasteiger partial charge in [0.2, 0.25) is 0 Å². The number of carboxylic acid groups (broad SMARTS) is 1. The van der Waals surface area contributed by atoms with E-state index < -0.39 is 11.9 Å². The molecule has 0 aliphatic heterocycles. The SMILES string of the molecule is C=C(CCCOc1ccc(C(=O)Oc2ccc(-c3ccc(C#N)cc3)cc2)cc1)C(=O)O. The summed E-state index contributed by atoms with van der Waals surface area (Å²) in [6.45, 7) is 3.82. The third-order valence-corrected chi connectivity index (χ3v) is 4.70. The number of esters is 1. The number of hydrogen-bond donors (Lipinski definition) is 1. The Hall–Kier alpha value is -4.37. The highest BCUT2D eigenvalue weighted by molar-refractivity contribution is 5.91. The smallest absolute Gasteiger partial charge is 0.343 e. The van der Waals surface area contributed by atoms with Gasteiger partial charge in [0, 0.05) is 5.57 Å². The fourth-order valence-corrected chi connectivity index (χ4v) is 2.89. The van der Waals surface area contributed by atoms with E-state index in [9.17, 15) is 9.59 Å². The molecule has 0 aliphatic rings. The number of carbonyl (C=O) groups excluding carboxylic acids is 1. The minimum atomic E-state index is -1.00. The van der Waals surface area contributed by atoms with E-state index in [2.05, 4.69) is 12.6 Å². The van der Waals surface area contributed by atoms with Crippen LogP contribution in [-0.2, 0) is 4.79 Å². The molecule has 0 aromatic heterocycles. The number of carboxylic acids is 1. The van der Waals surface area contributed by atoms with E-state index in [4.69, 9.17) is 19.8 Å². The number of aliphatic carboxylic acids is 1. The molecule has 0 fully saturated rings. The fourth-order valence-electron chi connectivity index (χ4n) is 2.89. The number of nitriles is 1. The second kappa shape index (κ2) is 10.6. The predicted molar refractivity (Wildman–Crippen MR) is 119 cm³/mol. The Morgan fingerprint density at radius 3 is 2.00 bits per heavy atom. The molecule has 0 saturated heterocycles. The second-order valence-corrected chi connectivity index (χ2v) is 6.99. The molecule has 0 unspecified atom stereocenters. The quantitative estimate of drug-likeness (QED) is 0.217. The van der Waals surface area contributed by atoms with Crippen LogP contribution < -0.4 is 9.47 Å². The van der Waals surface area contributed by atoms with Gasteiger partial charge >= 0.3 is 11.9 Å². The maximum absolute atomic E-state index is 12.4. The number of rotatable bonds is 9. The molecule has 3 aromatic carbocycles. The second-order valence-electron chi connectivity index (χ2n) is 6.99. The first-order valence-corrected chi connectivity index (χ1v) is 9.93. The molecule has 32 heavy (non-hydrogen) atoms. The van der Waals surface area contributed by atoms with Crippen LogP contribution in [0, 0.1) is 11.3 Å². The van der Waals surface area contributed by atoms with Crippen molar-refractivity contribution in [2.75, 3.05) is 6.61 Å². The van der Waals surface area contributed by atoms with Crippen LogP contribution in [0.2, 0.25) is 0 Å². The highest BCUT2D eigenvalue weighted by atomic mass is 16.5. The summed E-state index contributed by atoms with van der Waals surface area (Å²) in [5.74, 6) is -0.488. The highest BCUT2D eigenvalue weighted by Crippen LogP contribution is 2.23. The maximum Gasteiger partial charge on any atom is 0.343 e. The Morgan fingerprint density at radius 2 is 1.44 bits per heavy atom. The molecular formula is C26H21NO5. The average molecular weight is 427 g/mol. The van der Waals surface area contributed by atoms with Crippen LogP contribution in [0.15, 0.2) is 84.9 Å². The van der Waals surface area contributed by atoms with Crippen LogP contribution in [0.4, 0.5) is 0 Å². The number of hydrogen-bond acceptors (Lipinski definition) is 5. The van der Waals surface area contributed by atoms with Crippen LogP contribution in [0.25, 0.3) is 11.1 Å². The van der Waals surface area contributed by atoms with Gasteiger partial charge in [-0.1, -0.05) is 30.8 Å². The summed E-state index contributed by atoms with van der Waals surface area (Å²) >= 11 is 0. The van der Waals surface area contributed by atoms with E-state index in [0.29, 0.717) is 42.1 Å². The van der Waals surface area contributed by atoms with Crippen LogP contribution >= 0.6 is 0 Å². The van der Waals surface area contributed by atoms with Crippen molar-refractivity contribution in [3.8, 4) is 28.7 Å². The summed E-state index contributed by atoms with van der Waals surface area (Å²) in [7, 11) is 0. The third-order valence-electron chi connectivity index (χ3n) is 4.70. The van der Waals surface area contributed by atoms with Gasteiger partial charge in [-0.05, 0) is 72.5 Å². The van der Waals surface area contributed by atoms with Gasteiger partial charge < -0.3 is 14.6 Å². The van der Waals surface area contributed by atoms with Crippen molar-refractivity contribution in [1.29, 1.82) is 5.26 Å². The summed E-state index contributed by atoms with van der Waals surface area (Å²) in [6.07, 6.45) is 0.886. The monoisotopic (exact) mass is 427 g/mol. The van der Waals surface area contributed by atoms with Gasteiger partial charge in [-0.25, -0.2) is 9.59 Å². The van der Waals surface area contributed by atoms with Gasteiger partial charge in [-0.15, -0.1) is 0 Å².